The third-order valence-corrected chi connectivity index (χ3v) is 3.74. The zero-order valence-corrected chi connectivity index (χ0v) is 9.28. The number of likely N-dealkylation sites (tertiary alicyclic amines) is 1. The monoisotopic (exact) mass is 206 g/mol. The Balaban J connectivity index is 1.80. The van der Waals surface area contributed by atoms with E-state index in [4.69, 9.17) is 5.26 Å². The zero-order valence-electron chi connectivity index (χ0n) is 9.28. The van der Waals surface area contributed by atoms with E-state index in [0.29, 0.717) is 19.0 Å². The number of hydrogen-bond acceptors (Lipinski definition) is 2. The van der Waals surface area contributed by atoms with Crippen molar-refractivity contribution in [3.05, 3.63) is 0 Å². The standard InChI is InChI=1S/C12H18N2O/c1-9-2-4-11(5-3-9)12(15)14-7-10(6-13)8-14/h9-11H,2-5,7-8H2,1H3. The summed E-state index contributed by atoms with van der Waals surface area (Å²) >= 11 is 0. The van der Waals surface area contributed by atoms with Crippen LogP contribution >= 0.6 is 0 Å². The number of rotatable bonds is 1. The lowest BCUT2D eigenvalue weighted by molar-refractivity contribution is -0.142. The predicted octanol–water partition coefficient (Wildman–Crippen LogP) is 1.79. The van der Waals surface area contributed by atoms with E-state index in [-0.39, 0.29) is 11.8 Å². The Hall–Kier alpha value is -1.04. The van der Waals surface area contributed by atoms with E-state index in [2.05, 4.69) is 13.0 Å². The fourth-order valence-corrected chi connectivity index (χ4v) is 2.51. The van der Waals surface area contributed by atoms with E-state index >= 15 is 0 Å². The van der Waals surface area contributed by atoms with Crippen LogP contribution in [0.4, 0.5) is 0 Å². The highest BCUT2D eigenvalue weighted by Gasteiger charge is 2.35. The van der Waals surface area contributed by atoms with E-state index in [1.165, 1.54) is 12.8 Å². The summed E-state index contributed by atoms with van der Waals surface area (Å²) in [7, 11) is 0. The van der Waals surface area contributed by atoms with Gasteiger partial charge >= 0.3 is 0 Å². The molecule has 82 valence electrons. The van der Waals surface area contributed by atoms with Gasteiger partial charge in [0.1, 0.15) is 0 Å². The molecular weight excluding hydrogens is 188 g/mol. The summed E-state index contributed by atoms with van der Waals surface area (Å²) in [6, 6.07) is 2.20. The van der Waals surface area contributed by atoms with Crippen molar-refractivity contribution in [1.29, 1.82) is 5.26 Å². The van der Waals surface area contributed by atoms with Crippen molar-refractivity contribution in [1.82, 2.24) is 4.90 Å². The Morgan fingerprint density at radius 2 is 1.87 bits per heavy atom. The van der Waals surface area contributed by atoms with Gasteiger partial charge in [-0.25, -0.2) is 0 Å². The Morgan fingerprint density at radius 3 is 2.40 bits per heavy atom. The molecule has 1 aliphatic carbocycles. The Kier molecular flexibility index (Phi) is 2.95. The van der Waals surface area contributed by atoms with Crippen molar-refractivity contribution in [2.75, 3.05) is 13.1 Å². The highest BCUT2D eigenvalue weighted by atomic mass is 16.2. The number of carbonyl (C=O) groups is 1. The molecule has 0 aromatic heterocycles. The van der Waals surface area contributed by atoms with Gasteiger partial charge in [-0.15, -0.1) is 0 Å². The minimum atomic E-state index is 0.0939. The molecule has 2 rings (SSSR count). The smallest absolute Gasteiger partial charge is 0.225 e. The lowest BCUT2D eigenvalue weighted by atomic mass is 9.81. The van der Waals surface area contributed by atoms with Crippen molar-refractivity contribution in [3.63, 3.8) is 0 Å². The van der Waals surface area contributed by atoms with E-state index in [0.717, 1.165) is 18.8 Å². The molecule has 2 aliphatic rings. The first-order chi connectivity index (χ1) is 7.20. The van der Waals surface area contributed by atoms with Crippen LogP contribution < -0.4 is 0 Å². The Labute approximate surface area is 91.1 Å². The SMILES string of the molecule is CC1CCC(C(=O)N2CC(C#N)C2)CC1. The van der Waals surface area contributed by atoms with Gasteiger partial charge < -0.3 is 4.90 Å². The molecule has 1 amide bonds. The summed E-state index contributed by atoms with van der Waals surface area (Å²) < 4.78 is 0. The second-order valence-corrected chi connectivity index (χ2v) is 5.03. The fourth-order valence-electron chi connectivity index (χ4n) is 2.51. The molecule has 0 bridgehead atoms. The Morgan fingerprint density at radius 1 is 1.27 bits per heavy atom. The lowest BCUT2D eigenvalue weighted by Gasteiger charge is -2.39. The van der Waals surface area contributed by atoms with E-state index in [1.807, 2.05) is 4.90 Å². The molecule has 0 atom stereocenters. The molecule has 0 spiro atoms. The van der Waals surface area contributed by atoms with Crippen molar-refractivity contribution < 1.29 is 4.79 Å². The topological polar surface area (TPSA) is 44.1 Å². The third-order valence-electron chi connectivity index (χ3n) is 3.74. The molecule has 0 aromatic carbocycles. The molecule has 1 aliphatic heterocycles. The molecule has 1 heterocycles. The Bertz CT molecular complexity index is 280. The summed E-state index contributed by atoms with van der Waals surface area (Å²) in [4.78, 5) is 13.8. The maximum absolute atomic E-state index is 12.0. The largest absolute Gasteiger partial charge is 0.340 e. The fraction of sp³-hybridized carbons (Fsp3) is 0.833. The van der Waals surface area contributed by atoms with Gasteiger partial charge in [0.2, 0.25) is 5.91 Å². The first-order valence-corrected chi connectivity index (χ1v) is 5.89. The minimum absolute atomic E-state index is 0.0939. The van der Waals surface area contributed by atoms with Crippen molar-refractivity contribution in [2.24, 2.45) is 17.8 Å². The molecule has 2 fully saturated rings. The van der Waals surface area contributed by atoms with Gasteiger partial charge in [-0.05, 0) is 31.6 Å². The van der Waals surface area contributed by atoms with Crippen LogP contribution in [0.5, 0.6) is 0 Å². The average Bonchev–Trinajstić information content (AvgIpc) is 2.17. The number of hydrogen-bond donors (Lipinski definition) is 0. The molecule has 0 aromatic rings. The van der Waals surface area contributed by atoms with E-state index in [9.17, 15) is 4.79 Å². The lowest BCUT2D eigenvalue weighted by Crippen LogP contribution is -2.51. The van der Waals surface area contributed by atoms with Gasteiger partial charge in [-0.2, -0.15) is 5.26 Å². The normalized spacial score (nSPS) is 31.9. The van der Waals surface area contributed by atoms with Crippen LogP contribution in [0.2, 0.25) is 0 Å². The van der Waals surface area contributed by atoms with E-state index in [1.54, 1.807) is 0 Å². The van der Waals surface area contributed by atoms with Gasteiger partial charge in [0.15, 0.2) is 0 Å². The molecule has 1 saturated heterocycles. The molecular formula is C12H18N2O. The van der Waals surface area contributed by atoms with Gasteiger partial charge in [0.25, 0.3) is 0 Å². The molecule has 0 N–H and O–H groups in total. The summed E-state index contributed by atoms with van der Waals surface area (Å²) in [6.07, 6.45) is 4.47. The van der Waals surface area contributed by atoms with Gasteiger partial charge in [0.05, 0.1) is 12.0 Å². The van der Waals surface area contributed by atoms with Gasteiger partial charge in [-0.1, -0.05) is 6.92 Å². The predicted molar refractivity (Wildman–Crippen MR) is 56.8 cm³/mol. The van der Waals surface area contributed by atoms with Crippen LogP contribution in [-0.2, 0) is 4.79 Å². The van der Waals surface area contributed by atoms with Crippen molar-refractivity contribution in [2.45, 2.75) is 32.6 Å². The molecule has 3 heteroatoms. The zero-order chi connectivity index (χ0) is 10.8. The van der Waals surface area contributed by atoms with Crippen LogP contribution in [0, 0.1) is 29.1 Å². The number of nitrogens with zero attached hydrogens (tertiary/aromatic N) is 2. The highest BCUT2D eigenvalue weighted by Crippen LogP contribution is 2.31. The van der Waals surface area contributed by atoms with Crippen molar-refractivity contribution >= 4 is 5.91 Å². The first kappa shape index (κ1) is 10.5. The molecule has 0 radical (unpaired) electrons. The first-order valence-electron chi connectivity index (χ1n) is 5.89. The maximum atomic E-state index is 12.0. The third kappa shape index (κ3) is 2.14. The molecule has 1 saturated carbocycles. The van der Waals surface area contributed by atoms with Crippen LogP contribution in [0.1, 0.15) is 32.6 Å². The number of carbonyl (C=O) groups excluding carboxylic acids is 1. The highest BCUT2D eigenvalue weighted by molar-refractivity contribution is 5.79. The number of amides is 1. The second kappa shape index (κ2) is 4.22. The van der Waals surface area contributed by atoms with Crippen LogP contribution in [-0.4, -0.2) is 23.9 Å². The van der Waals surface area contributed by atoms with Crippen LogP contribution in [0.25, 0.3) is 0 Å². The summed E-state index contributed by atoms with van der Waals surface area (Å²) in [5.41, 5.74) is 0. The molecule has 0 unspecified atom stereocenters. The maximum Gasteiger partial charge on any atom is 0.225 e. The minimum Gasteiger partial charge on any atom is -0.340 e. The number of nitriles is 1. The quantitative estimate of drug-likeness (QED) is 0.656. The molecule has 3 nitrogen and oxygen atoms in total. The summed E-state index contributed by atoms with van der Waals surface area (Å²) in [5.74, 6) is 1.43. The second-order valence-electron chi connectivity index (χ2n) is 5.03. The average molecular weight is 206 g/mol. The van der Waals surface area contributed by atoms with Crippen molar-refractivity contribution in [3.8, 4) is 6.07 Å². The summed E-state index contributed by atoms with van der Waals surface area (Å²) in [6.45, 7) is 3.60. The molecule has 15 heavy (non-hydrogen) atoms. The summed E-state index contributed by atoms with van der Waals surface area (Å²) in [5, 5.41) is 8.64. The van der Waals surface area contributed by atoms with E-state index < -0.39 is 0 Å². The van der Waals surface area contributed by atoms with Crippen LogP contribution in [0.15, 0.2) is 0 Å². The van der Waals surface area contributed by atoms with Gasteiger partial charge in [-0.3, -0.25) is 4.79 Å². The van der Waals surface area contributed by atoms with Gasteiger partial charge in [0, 0.05) is 19.0 Å². The van der Waals surface area contributed by atoms with Crippen LogP contribution in [0.3, 0.4) is 0 Å².